The van der Waals surface area contributed by atoms with E-state index in [1.807, 2.05) is 0 Å². The smallest absolute Gasteiger partial charge is 0.293 e. The van der Waals surface area contributed by atoms with Crippen LogP contribution in [0.5, 0.6) is 0 Å². The molecule has 5 heteroatoms. The number of hydrogen-bond donors (Lipinski definition) is 2. The first-order chi connectivity index (χ1) is 6.81. The number of aliphatic hydroxyl groups excluding tert-OH is 1. The molecular weight excluding hydrogens is 186 g/mol. The van der Waals surface area contributed by atoms with E-state index < -0.39 is 6.41 Å². The highest BCUT2D eigenvalue weighted by atomic mass is 16.6. The molecule has 0 bridgehead atoms. The van der Waals surface area contributed by atoms with Crippen LogP contribution in [0.4, 0.5) is 0 Å². The van der Waals surface area contributed by atoms with Crippen molar-refractivity contribution in [1.29, 1.82) is 0 Å². The predicted molar refractivity (Wildman–Crippen MR) is 51.5 cm³/mol. The van der Waals surface area contributed by atoms with Crippen molar-refractivity contribution in [1.82, 2.24) is 5.32 Å². The Labute approximate surface area is 84.4 Å². The maximum Gasteiger partial charge on any atom is 0.293 e. The molecule has 5 nitrogen and oxygen atoms in total. The van der Waals surface area contributed by atoms with E-state index in [-0.39, 0.29) is 0 Å². The van der Waals surface area contributed by atoms with Crippen molar-refractivity contribution in [3.8, 4) is 0 Å². The van der Waals surface area contributed by atoms with Crippen molar-refractivity contribution >= 4 is 6.47 Å². The van der Waals surface area contributed by atoms with Crippen molar-refractivity contribution in [3.05, 3.63) is 0 Å². The minimum absolute atomic E-state index is 0.469. The summed E-state index contributed by atoms with van der Waals surface area (Å²) in [4.78, 5) is 9.77. The number of unbranched alkanes of at least 4 members (excludes halogenated alkanes) is 3. The lowest BCUT2D eigenvalue weighted by Crippen LogP contribution is -2.30. The molecule has 0 aliphatic carbocycles. The molecule has 0 saturated carbocycles. The van der Waals surface area contributed by atoms with Gasteiger partial charge in [0.05, 0.1) is 6.61 Å². The van der Waals surface area contributed by atoms with Gasteiger partial charge in [0.25, 0.3) is 6.47 Å². The normalized spacial score (nSPS) is 12.4. The number of nitrogens with one attached hydrogen (secondary N) is 1. The van der Waals surface area contributed by atoms with Gasteiger partial charge in [0.15, 0.2) is 0 Å². The second-order valence-electron chi connectivity index (χ2n) is 2.92. The standard InChI is InChI=1S/C9H19NO4/c1-13-9(12)10-6-4-2-3-5-7-14-8-11/h8-10,12H,2-7H2,1H3. The Balaban J connectivity index is 2.95. The molecule has 1 atom stereocenters. The number of carbonyl (C=O) groups excluding carboxylic acids is 1. The topological polar surface area (TPSA) is 67.8 Å². The van der Waals surface area contributed by atoms with Gasteiger partial charge in [-0.3, -0.25) is 10.1 Å². The first kappa shape index (κ1) is 13.4. The zero-order valence-electron chi connectivity index (χ0n) is 8.57. The molecule has 0 aliphatic rings. The first-order valence-electron chi connectivity index (χ1n) is 4.80. The van der Waals surface area contributed by atoms with Gasteiger partial charge in [-0.15, -0.1) is 0 Å². The van der Waals surface area contributed by atoms with Gasteiger partial charge >= 0.3 is 0 Å². The van der Waals surface area contributed by atoms with Crippen LogP contribution in [-0.2, 0) is 14.3 Å². The molecule has 0 aromatic rings. The summed E-state index contributed by atoms with van der Waals surface area (Å²) in [5, 5.41) is 11.7. The summed E-state index contributed by atoms with van der Waals surface area (Å²) in [6.45, 7) is 1.69. The van der Waals surface area contributed by atoms with Crippen LogP contribution in [-0.4, -0.2) is 38.3 Å². The van der Waals surface area contributed by atoms with E-state index in [4.69, 9.17) is 5.11 Å². The molecule has 14 heavy (non-hydrogen) atoms. The quantitative estimate of drug-likeness (QED) is 0.303. The Morgan fingerprint density at radius 2 is 2.07 bits per heavy atom. The van der Waals surface area contributed by atoms with Crippen LogP contribution in [0.25, 0.3) is 0 Å². The molecule has 2 N–H and O–H groups in total. The average molecular weight is 205 g/mol. The highest BCUT2D eigenvalue weighted by Gasteiger charge is 1.97. The molecule has 0 spiro atoms. The lowest BCUT2D eigenvalue weighted by Gasteiger charge is -2.09. The minimum Gasteiger partial charge on any atom is -0.468 e. The van der Waals surface area contributed by atoms with E-state index in [1.165, 1.54) is 7.11 Å². The maximum absolute atomic E-state index is 9.77. The van der Waals surface area contributed by atoms with Crippen LogP contribution >= 0.6 is 0 Å². The summed E-state index contributed by atoms with van der Waals surface area (Å²) < 4.78 is 9.13. The molecule has 0 radical (unpaired) electrons. The summed E-state index contributed by atoms with van der Waals surface area (Å²) in [6.07, 6.45) is 3.07. The van der Waals surface area contributed by atoms with Gasteiger partial charge in [0.2, 0.25) is 6.41 Å². The van der Waals surface area contributed by atoms with E-state index in [2.05, 4.69) is 14.8 Å². The Kier molecular flexibility index (Phi) is 9.95. The molecule has 0 amide bonds. The van der Waals surface area contributed by atoms with Crippen LogP contribution in [0.15, 0.2) is 0 Å². The number of carbonyl (C=O) groups is 1. The van der Waals surface area contributed by atoms with Gasteiger partial charge in [0.1, 0.15) is 0 Å². The zero-order valence-corrected chi connectivity index (χ0v) is 8.57. The number of aliphatic hydroxyl groups is 1. The fraction of sp³-hybridized carbons (Fsp3) is 0.889. The second-order valence-corrected chi connectivity index (χ2v) is 2.92. The van der Waals surface area contributed by atoms with Crippen LogP contribution in [0.3, 0.4) is 0 Å². The van der Waals surface area contributed by atoms with Crippen LogP contribution in [0.2, 0.25) is 0 Å². The molecule has 1 unspecified atom stereocenters. The summed E-state index contributed by atoms with van der Waals surface area (Å²) >= 11 is 0. The Bertz CT molecular complexity index is 132. The predicted octanol–water partition coefficient (Wildman–Crippen LogP) is 0.232. The fourth-order valence-electron chi connectivity index (χ4n) is 1.02. The fourth-order valence-corrected chi connectivity index (χ4v) is 1.02. The Hall–Kier alpha value is -0.650. The number of rotatable bonds is 10. The van der Waals surface area contributed by atoms with Crippen molar-refractivity contribution < 1.29 is 19.4 Å². The van der Waals surface area contributed by atoms with Gasteiger partial charge in [-0.25, -0.2) is 0 Å². The van der Waals surface area contributed by atoms with Crippen LogP contribution in [0.1, 0.15) is 25.7 Å². The van der Waals surface area contributed by atoms with E-state index in [9.17, 15) is 4.79 Å². The Morgan fingerprint density at radius 3 is 2.71 bits per heavy atom. The molecule has 0 aliphatic heterocycles. The third-order valence-corrected chi connectivity index (χ3v) is 1.80. The molecule has 0 aromatic carbocycles. The van der Waals surface area contributed by atoms with Gasteiger partial charge in [-0.2, -0.15) is 0 Å². The number of methoxy groups -OCH3 is 1. The van der Waals surface area contributed by atoms with Crippen molar-refractivity contribution in [2.75, 3.05) is 20.3 Å². The number of hydrogen-bond acceptors (Lipinski definition) is 5. The van der Waals surface area contributed by atoms with E-state index in [0.717, 1.165) is 32.2 Å². The van der Waals surface area contributed by atoms with Crippen molar-refractivity contribution in [2.24, 2.45) is 0 Å². The van der Waals surface area contributed by atoms with Gasteiger partial charge in [0, 0.05) is 7.11 Å². The van der Waals surface area contributed by atoms with Crippen molar-refractivity contribution in [3.63, 3.8) is 0 Å². The third kappa shape index (κ3) is 9.44. The van der Waals surface area contributed by atoms with E-state index >= 15 is 0 Å². The molecule has 0 aromatic heterocycles. The van der Waals surface area contributed by atoms with Crippen LogP contribution in [0, 0.1) is 0 Å². The average Bonchev–Trinajstić information content (AvgIpc) is 2.21. The molecule has 0 heterocycles. The summed E-state index contributed by atoms with van der Waals surface area (Å²) in [5.41, 5.74) is 0. The number of ether oxygens (including phenoxy) is 2. The monoisotopic (exact) mass is 205 g/mol. The second kappa shape index (κ2) is 10.4. The third-order valence-electron chi connectivity index (χ3n) is 1.80. The minimum atomic E-state index is -0.867. The zero-order chi connectivity index (χ0) is 10.6. The highest BCUT2D eigenvalue weighted by molar-refractivity contribution is 5.36. The SMILES string of the molecule is COC(O)NCCCCCCOC=O. The van der Waals surface area contributed by atoms with E-state index in [1.54, 1.807) is 0 Å². The van der Waals surface area contributed by atoms with Crippen LogP contribution < -0.4 is 5.32 Å². The molecule has 0 rings (SSSR count). The van der Waals surface area contributed by atoms with Gasteiger partial charge in [-0.05, 0) is 19.4 Å². The van der Waals surface area contributed by atoms with Gasteiger partial charge < -0.3 is 14.6 Å². The first-order valence-corrected chi connectivity index (χ1v) is 4.80. The largest absolute Gasteiger partial charge is 0.468 e. The summed E-state index contributed by atoms with van der Waals surface area (Å²) in [5.74, 6) is 0. The Morgan fingerprint density at radius 1 is 1.36 bits per heavy atom. The summed E-state index contributed by atoms with van der Waals surface area (Å²) in [6, 6.07) is 0. The van der Waals surface area contributed by atoms with E-state index in [0.29, 0.717) is 13.1 Å². The maximum atomic E-state index is 9.77. The van der Waals surface area contributed by atoms with Crippen molar-refractivity contribution in [2.45, 2.75) is 32.1 Å². The molecular formula is C9H19NO4. The highest BCUT2D eigenvalue weighted by Crippen LogP contribution is 1.98. The summed E-state index contributed by atoms with van der Waals surface area (Å²) in [7, 11) is 1.44. The molecule has 84 valence electrons. The van der Waals surface area contributed by atoms with Gasteiger partial charge in [-0.1, -0.05) is 12.8 Å². The lowest BCUT2D eigenvalue weighted by molar-refractivity contribution is -0.128. The molecule has 0 saturated heterocycles. The lowest BCUT2D eigenvalue weighted by atomic mass is 10.2. The molecule has 0 fully saturated rings.